The molecule has 0 bridgehead atoms. The van der Waals surface area contributed by atoms with E-state index in [9.17, 15) is 9.59 Å². The van der Waals surface area contributed by atoms with E-state index >= 15 is 0 Å². The second-order valence-corrected chi connectivity index (χ2v) is 2.57. The van der Waals surface area contributed by atoms with Gasteiger partial charge in [-0.25, -0.2) is 0 Å². The van der Waals surface area contributed by atoms with Crippen molar-refractivity contribution in [3.8, 4) is 0 Å². The quantitative estimate of drug-likeness (QED) is 0.521. The molecule has 0 N–H and O–H groups in total. The van der Waals surface area contributed by atoms with E-state index in [1.165, 1.54) is 6.92 Å². The first-order valence-electron chi connectivity index (χ1n) is 3.55. The summed E-state index contributed by atoms with van der Waals surface area (Å²) >= 11 is 0. The minimum atomic E-state index is -0.130. The average molecular weight is 157 g/mol. The van der Waals surface area contributed by atoms with Gasteiger partial charge in [0.2, 0.25) is 5.91 Å². The van der Waals surface area contributed by atoms with Crippen LogP contribution in [-0.4, -0.2) is 36.5 Å². The van der Waals surface area contributed by atoms with Crippen molar-refractivity contribution in [2.75, 3.05) is 19.9 Å². The maximum atomic E-state index is 11.1. The zero-order chi connectivity index (χ0) is 8.27. The van der Waals surface area contributed by atoms with Crippen LogP contribution in [-0.2, 0) is 14.3 Å². The Kier molecular flexibility index (Phi) is 2.59. The van der Waals surface area contributed by atoms with Crippen LogP contribution in [0.3, 0.4) is 0 Å². The first kappa shape index (κ1) is 8.20. The lowest BCUT2D eigenvalue weighted by Gasteiger charge is -2.11. The summed E-state index contributed by atoms with van der Waals surface area (Å²) in [5, 5.41) is 0. The molecule has 0 aliphatic carbocycles. The number of ketones is 1. The van der Waals surface area contributed by atoms with Crippen LogP contribution >= 0.6 is 0 Å². The highest BCUT2D eigenvalue weighted by Crippen LogP contribution is 2.01. The topological polar surface area (TPSA) is 46.6 Å². The van der Waals surface area contributed by atoms with Gasteiger partial charge in [-0.3, -0.25) is 9.59 Å². The first-order chi connectivity index (χ1) is 5.20. The Morgan fingerprint density at radius 2 is 2.27 bits per heavy atom. The van der Waals surface area contributed by atoms with E-state index in [-0.39, 0.29) is 18.1 Å². The number of carbonyl (C=O) groups excluding carboxylic acids is 2. The third kappa shape index (κ3) is 2.31. The molecule has 0 aromatic rings. The Morgan fingerprint density at radius 1 is 1.55 bits per heavy atom. The summed E-state index contributed by atoms with van der Waals surface area (Å²) in [6.07, 6.45) is 0.00333. The number of Topliss-reactive ketones (excluding diaryl/α,β-unsaturated/α-hetero) is 1. The number of carbonyl (C=O) groups is 2. The molecule has 4 nitrogen and oxygen atoms in total. The van der Waals surface area contributed by atoms with Crippen molar-refractivity contribution in [3.05, 3.63) is 0 Å². The molecular weight excluding hydrogens is 146 g/mol. The normalized spacial score (nSPS) is 17.0. The molecule has 1 aliphatic heterocycles. The van der Waals surface area contributed by atoms with E-state index in [4.69, 9.17) is 4.74 Å². The Morgan fingerprint density at radius 3 is 2.73 bits per heavy atom. The predicted molar refractivity (Wildman–Crippen MR) is 37.8 cm³/mol. The van der Waals surface area contributed by atoms with Gasteiger partial charge in [-0.15, -0.1) is 0 Å². The van der Waals surface area contributed by atoms with E-state index in [1.807, 2.05) is 0 Å². The predicted octanol–water partition coefficient (Wildman–Crippen LogP) is -0.218. The molecule has 1 amide bonds. The molecule has 0 saturated carbocycles. The van der Waals surface area contributed by atoms with Crippen molar-refractivity contribution in [2.45, 2.75) is 13.3 Å². The van der Waals surface area contributed by atoms with Crippen molar-refractivity contribution in [1.29, 1.82) is 0 Å². The molecule has 1 saturated heterocycles. The standard InChI is InChI=1S/C7H11NO3/c1-6(9)4-7(10)8-2-3-11-5-8/h2-5H2,1H3. The number of amides is 1. The fourth-order valence-corrected chi connectivity index (χ4v) is 0.935. The number of hydrogen-bond acceptors (Lipinski definition) is 3. The van der Waals surface area contributed by atoms with Crippen LogP contribution in [0.1, 0.15) is 13.3 Å². The molecule has 62 valence electrons. The van der Waals surface area contributed by atoms with Gasteiger partial charge in [-0.2, -0.15) is 0 Å². The van der Waals surface area contributed by atoms with Gasteiger partial charge in [-0.1, -0.05) is 0 Å². The second kappa shape index (κ2) is 3.48. The van der Waals surface area contributed by atoms with Gasteiger partial charge < -0.3 is 9.64 Å². The number of ether oxygens (including phenoxy) is 1. The van der Waals surface area contributed by atoms with E-state index in [0.29, 0.717) is 19.9 Å². The summed E-state index contributed by atoms with van der Waals surface area (Å²) < 4.78 is 4.95. The number of hydrogen-bond donors (Lipinski definition) is 0. The van der Waals surface area contributed by atoms with E-state index in [1.54, 1.807) is 4.90 Å². The Labute approximate surface area is 65.1 Å². The molecule has 1 rings (SSSR count). The zero-order valence-corrected chi connectivity index (χ0v) is 6.50. The van der Waals surface area contributed by atoms with Crippen molar-refractivity contribution in [1.82, 2.24) is 4.90 Å². The summed E-state index contributed by atoms with van der Waals surface area (Å²) in [6.45, 7) is 2.96. The zero-order valence-electron chi connectivity index (χ0n) is 6.50. The van der Waals surface area contributed by atoms with Crippen LogP contribution in [0.25, 0.3) is 0 Å². The van der Waals surface area contributed by atoms with Gasteiger partial charge in [-0.05, 0) is 6.92 Å². The molecule has 1 aliphatic rings. The molecule has 0 unspecified atom stereocenters. The molecule has 4 heteroatoms. The summed E-state index contributed by atoms with van der Waals surface area (Å²) in [5.74, 6) is -0.225. The van der Waals surface area contributed by atoms with E-state index < -0.39 is 0 Å². The Balaban J connectivity index is 2.34. The number of nitrogens with zero attached hydrogens (tertiary/aromatic N) is 1. The Hall–Kier alpha value is -0.900. The van der Waals surface area contributed by atoms with Crippen LogP contribution in [0.15, 0.2) is 0 Å². The molecule has 0 aromatic carbocycles. The molecule has 1 heterocycles. The summed E-state index contributed by atoms with van der Waals surface area (Å²) in [4.78, 5) is 23.1. The van der Waals surface area contributed by atoms with Crippen molar-refractivity contribution in [3.63, 3.8) is 0 Å². The lowest BCUT2D eigenvalue weighted by atomic mass is 10.3. The van der Waals surface area contributed by atoms with Crippen molar-refractivity contribution in [2.24, 2.45) is 0 Å². The molecular formula is C7H11NO3. The lowest BCUT2D eigenvalue weighted by Crippen LogP contribution is -2.29. The van der Waals surface area contributed by atoms with Crippen molar-refractivity contribution < 1.29 is 14.3 Å². The third-order valence-corrected chi connectivity index (χ3v) is 1.51. The third-order valence-electron chi connectivity index (χ3n) is 1.51. The van der Waals surface area contributed by atoms with E-state index in [2.05, 4.69) is 0 Å². The molecule has 0 radical (unpaired) electrons. The SMILES string of the molecule is CC(=O)CC(=O)N1CCOC1. The van der Waals surface area contributed by atoms with Crippen LogP contribution in [0.4, 0.5) is 0 Å². The summed E-state index contributed by atoms with van der Waals surface area (Å²) in [7, 11) is 0. The van der Waals surface area contributed by atoms with Crippen LogP contribution in [0.2, 0.25) is 0 Å². The van der Waals surface area contributed by atoms with Gasteiger partial charge in [0, 0.05) is 6.54 Å². The van der Waals surface area contributed by atoms with Gasteiger partial charge >= 0.3 is 0 Å². The fraction of sp³-hybridized carbons (Fsp3) is 0.714. The van der Waals surface area contributed by atoms with Crippen LogP contribution in [0.5, 0.6) is 0 Å². The van der Waals surface area contributed by atoms with E-state index in [0.717, 1.165) is 0 Å². The maximum Gasteiger partial charge on any atom is 0.231 e. The highest BCUT2D eigenvalue weighted by atomic mass is 16.5. The van der Waals surface area contributed by atoms with Gasteiger partial charge in [0.1, 0.15) is 12.5 Å². The van der Waals surface area contributed by atoms with Gasteiger partial charge in [0.25, 0.3) is 0 Å². The lowest BCUT2D eigenvalue weighted by molar-refractivity contribution is -0.135. The maximum absolute atomic E-state index is 11.1. The second-order valence-electron chi connectivity index (χ2n) is 2.57. The molecule has 11 heavy (non-hydrogen) atoms. The average Bonchev–Trinajstić information content (AvgIpc) is 2.35. The number of rotatable bonds is 2. The summed E-state index contributed by atoms with van der Waals surface area (Å²) in [6, 6.07) is 0. The largest absolute Gasteiger partial charge is 0.359 e. The van der Waals surface area contributed by atoms with Crippen molar-refractivity contribution >= 4 is 11.7 Å². The van der Waals surface area contributed by atoms with Gasteiger partial charge in [0.15, 0.2) is 0 Å². The Bertz CT molecular complexity index is 173. The first-order valence-corrected chi connectivity index (χ1v) is 3.55. The molecule has 1 fully saturated rings. The highest BCUT2D eigenvalue weighted by Gasteiger charge is 2.18. The molecule has 0 atom stereocenters. The minimum absolute atomic E-state index is 0.00333. The summed E-state index contributed by atoms with van der Waals surface area (Å²) in [5.41, 5.74) is 0. The minimum Gasteiger partial charge on any atom is -0.359 e. The smallest absolute Gasteiger partial charge is 0.231 e. The van der Waals surface area contributed by atoms with Crippen LogP contribution < -0.4 is 0 Å². The highest BCUT2D eigenvalue weighted by molar-refractivity contribution is 5.96. The molecule has 0 aromatic heterocycles. The fourth-order valence-electron chi connectivity index (χ4n) is 0.935. The van der Waals surface area contributed by atoms with Crippen LogP contribution in [0, 0.1) is 0 Å². The molecule has 0 spiro atoms. The van der Waals surface area contributed by atoms with Gasteiger partial charge in [0.05, 0.1) is 13.0 Å². The monoisotopic (exact) mass is 157 g/mol.